The summed E-state index contributed by atoms with van der Waals surface area (Å²) in [6, 6.07) is 13.8. The smallest absolute Gasteiger partial charge is 0.305 e. The van der Waals surface area contributed by atoms with Crippen LogP contribution in [-0.4, -0.2) is 11.8 Å². The fourth-order valence-electron chi connectivity index (χ4n) is 3.26. The molecule has 1 aliphatic carbocycles. The maximum Gasteiger partial charge on any atom is 0.305 e. The van der Waals surface area contributed by atoms with Crippen molar-refractivity contribution >= 4 is 22.8 Å². The minimum Gasteiger partial charge on any atom is -0.451 e. The number of nitrogens with one attached hydrogen (secondary N) is 2. The summed E-state index contributed by atoms with van der Waals surface area (Å²) in [5, 5.41) is 0.853. The molecule has 5 nitrogen and oxygen atoms in total. The molecule has 3 aromatic rings. The summed E-state index contributed by atoms with van der Waals surface area (Å²) < 4.78 is 19.3. The molecule has 2 atom stereocenters. The summed E-state index contributed by atoms with van der Waals surface area (Å²) >= 11 is 0. The molecular formula is C20H17FN2O3. The van der Waals surface area contributed by atoms with E-state index in [0.717, 1.165) is 5.39 Å². The summed E-state index contributed by atoms with van der Waals surface area (Å²) in [5.74, 6) is -1.50. The van der Waals surface area contributed by atoms with Crippen molar-refractivity contribution in [1.29, 1.82) is 0 Å². The van der Waals surface area contributed by atoms with Gasteiger partial charge >= 0.3 is 5.91 Å². The Morgan fingerprint density at radius 3 is 2.58 bits per heavy atom. The Bertz CT molecular complexity index is 1010. The lowest BCUT2D eigenvalue weighted by atomic mass is 10.1. The van der Waals surface area contributed by atoms with E-state index in [1.54, 1.807) is 31.2 Å². The number of hydrogen-bond acceptors (Lipinski definition) is 3. The second kappa shape index (κ2) is 6.29. The van der Waals surface area contributed by atoms with Gasteiger partial charge in [0.05, 0.1) is 0 Å². The van der Waals surface area contributed by atoms with E-state index in [2.05, 4.69) is 10.9 Å². The average Bonchev–Trinajstić information content (AvgIpc) is 3.38. The molecule has 26 heavy (non-hydrogen) atoms. The summed E-state index contributed by atoms with van der Waals surface area (Å²) in [4.78, 5) is 24.5. The minimum atomic E-state index is -0.518. The molecule has 0 bridgehead atoms. The molecule has 0 spiro atoms. The Kier molecular flexibility index (Phi) is 3.95. The fourth-order valence-corrected chi connectivity index (χ4v) is 3.26. The van der Waals surface area contributed by atoms with Crippen LogP contribution in [0.15, 0.2) is 52.9 Å². The van der Waals surface area contributed by atoms with Gasteiger partial charge in [0.2, 0.25) is 5.91 Å². The van der Waals surface area contributed by atoms with E-state index in [-0.39, 0.29) is 29.3 Å². The molecule has 4 rings (SSSR count). The van der Waals surface area contributed by atoms with Crippen molar-refractivity contribution in [3.63, 3.8) is 0 Å². The van der Waals surface area contributed by atoms with Crippen LogP contribution in [0.4, 0.5) is 4.39 Å². The minimum absolute atomic E-state index is 0.152. The largest absolute Gasteiger partial charge is 0.451 e. The quantitative estimate of drug-likeness (QED) is 0.709. The van der Waals surface area contributed by atoms with Crippen molar-refractivity contribution in [3.05, 3.63) is 71.2 Å². The standard InChI is InChI=1S/C20H17FN2O3/c1-11-12-6-3-5-9-17(12)26-18(11)20(25)23-22-19(24)15-10-14(15)13-7-2-4-8-16(13)21/h2-9,14-15H,10H2,1H3,(H,22,24)(H,23,25)/t14-,15+/m0/s1. The van der Waals surface area contributed by atoms with Gasteiger partial charge in [-0.05, 0) is 37.0 Å². The van der Waals surface area contributed by atoms with Crippen LogP contribution in [-0.2, 0) is 4.79 Å². The summed E-state index contributed by atoms with van der Waals surface area (Å²) in [7, 11) is 0. The summed E-state index contributed by atoms with van der Waals surface area (Å²) in [5.41, 5.74) is 6.65. The molecule has 1 fully saturated rings. The molecule has 132 valence electrons. The van der Waals surface area contributed by atoms with Crippen LogP contribution in [0.1, 0.15) is 34.0 Å². The first-order valence-corrected chi connectivity index (χ1v) is 8.39. The molecule has 2 aromatic carbocycles. The van der Waals surface area contributed by atoms with Crippen molar-refractivity contribution in [2.75, 3.05) is 0 Å². The molecule has 0 aliphatic heterocycles. The Balaban J connectivity index is 1.40. The number of hydrogen-bond donors (Lipinski definition) is 2. The lowest BCUT2D eigenvalue weighted by molar-refractivity contribution is -0.123. The normalized spacial score (nSPS) is 18.5. The average molecular weight is 352 g/mol. The number of fused-ring (bicyclic) bond motifs is 1. The number of carbonyl (C=O) groups excluding carboxylic acids is 2. The number of halogens is 1. The first kappa shape index (κ1) is 16.3. The highest BCUT2D eigenvalue weighted by molar-refractivity contribution is 5.99. The third kappa shape index (κ3) is 2.83. The van der Waals surface area contributed by atoms with E-state index in [9.17, 15) is 14.0 Å². The molecular weight excluding hydrogens is 335 g/mol. The predicted octanol–water partition coefficient (Wildman–Crippen LogP) is 3.45. The number of benzene rings is 2. The number of rotatable bonds is 3. The lowest BCUT2D eigenvalue weighted by Crippen LogP contribution is -2.42. The zero-order chi connectivity index (χ0) is 18.3. The Labute approximate surface area is 149 Å². The van der Waals surface area contributed by atoms with Gasteiger partial charge in [0.25, 0.3) is 0 Å². The summed E-state index contributed by atoms with van der Waals surface area (Å²) in [6.45, 7) is 1.79. The second-order valence-corrected chi connectivity index (χ2v) is 6.47. The highest BCUT2D eigenvalue weighted by atomic mass is 19.1. The molecule has 1 aliphatic rings. The number of hydrazine groups is 1. The molecule has 1 aromatic heterocycles. The highest BCUT2D eigenvalue weighted by Crippen LogP contribution is 2.48. The zero-order valence-electron chi connectivity index (χ0n) is 14.1. The van der Waals surface area contributed by atoms with Crippen LogP contribution in [0.2, 0.25) is 0 Å². The van der Waals surface area contributed by atoms with Crippen molar-refractivity contribution in [3.8, 4) is 0 Å². The Morgan fingerprint density at radius 1 is 1.08 bits per heavy atom. The van der Waals surface area contributed by atoms with E-state index in [1.807, 2.05) is 18.2 Å². The fraction of sp³-hybridized carbons (Fsp3) is 0.200. The Hall–Kier alpha value is -3.15. The van der Waals surface area contributed by atoms with Crippen molar-refractivity contribution in [1.82, 2.24) is 10.9 Å². The zero-order valence-corrected chi connectivity index (χ0v) is 14.1. The van der Waals surface area contributed by atoms with Crippen LogP contribution < -0.4 is 10.9 Å². The predicted molar refractivity (Wildman–Crippen MR) is 93.8 cm³/mol. The number of furan rings is 1. The van der Waals surface area contributed by atoms with Crippen LogP contribution in [0.25, 0.3) is 11.0 Å². The van der Waals surface area contributed by atoms with Gasteiger partial charge < -0.3 is 4.42 Å². The molecule has 1 heterocycles. The van der Waals surface area contributed by atoms with Gasteiger partial charge in [-0.2, -0.15) is 0 Å². The maximum atomic E-state index is 13.8. The first-order chi connectivity index (χ1) is 12.6. The van der Waals surface area contributed by atoms with Gasteiger partial charge in [-0.3, -0.25) is 20.4 Å². The van der Waals surface area contributed by atoms with Crippen LogP contribution >= 0.6 is 0 Å². The van der Waals surface area contributed by atoms with Gasteiger partial charge in [0.15, 0.2) is 5.76 Å². The number of para-hydroxylation sites is 1. The van der Waals surface area contributed by atoms with Gasteiger partial charge in [-0.1, -0.05) is 36.4 Å². The van der Waals surface area contributed by atoms with Crippen LogP contribution in [0.3, 0.4) is 0 Å². The molecule has 0 radical (unpaired) electrons. The summed E-state index contributed by atoms with van der Waals surface area (Å²) in [6.07, 6.45) is 0.562. The maximum absolute atomic E-state index is 13.8. The van der Waals surface area contributed by atoms with E-state index < -0.39 is 5.91 Å². The van der Waals surface area contributed by atoms with E-state index >= 15 is 0 Å². The number of aryl methyl sites for hydroxylation is 1. The molecule has 0 unspecified atom stereocenters. The molecule has 0 saturated heterocycles. The van der Waals surface area contributed by atoms with Gasteiger partial charge in [-0.15, -0.1) is 0 Å². The topological polar surface area (TPSA) is 71.3 Å². The van der Waals surface area contributed by atoms with E-state index in [1.165, 1.54) is 6.07 Å². The molecule has 6 heteroatoms. The van der Waals surface area contributed by atoms with Crippen LogP contribution in [0, 0.1) is 18.7 Å². The monoisotopic (exact) mass is 352 g/mol. The Morgan fingerprint density at radius 2 is 1.81 bits per heavy atom. The van der Waals surface area contributed by atoms with E-state index in [0.29, 0.717) is 23.1 Å². The lowest BCUT2D eigenvalue weighted by Gasteiger charge is -2.06. The van der Waals surface area contributed by atoms with Gasteiger partial charge in [0.1, 0.15) is 11.4 Å². The van der Waals surface area contributed by atoms with Crippen LogP contribution in [0.5, 0.6) is 0 Å². The SMILES string of the molecule is Cc1c(C(=O)NNC(=O)[C@@H]2C[C@H]2c2ccccc2F)oc2ccccc12. The van der Waals surface area contributed by atoms with Gasteiger partial charge in [-0.25, -0.2) is 4.39 Å². The van der Waals surface area contributed by atoms with Crippen molar-refractivity contribution < 1.29 is 18.4 Å². The van der Waals surface area contributed by atoms with E-state index in [4.69, 9.17) is 4.42 Å². The van der Waals surface area contributed by atoms with Crippen molar-refractivity contribution in [2.24, 2.45) is 5.92 Å². The molecule has 1 saturated carbocycles. The first-order valence-electron chi connectivity index (χ1n) is 8.39. The molecule has 2 amide bonds. The third-order valence-corrected chi connectivity index (χ3v) is 4.78. The van der Waals surface area contributed by atoms with Crippen molar-refractivity contribution in [2.45, 2.75) is 19.3 Å². The second-order valence-electron chi connectivity index (χ2n) is 6.47. The van der Waals surface area contributed by atoms with Gasteiger partial charge in [0, 0.05) is 16.9 Å². The number of amides is 2. The molecule has 2 N–H and O–H groups in total. The highest BCUT2D eigenvalue weighted by Gasteiger charge is 2.45. The third-order valence-electron chi connectivity index (χ3n) is 4.78. The number of carbonyl (C=O) groups is 2.